The molecule has 1 amide bonds. The van der Waals surface area contributed by atoms with Gasteiger partial charge in [-0.2, -0.15) is 0 Å². The number of fused-ring (bicyclic) bond motifs is 1. The number of nitrogens with one attached hydrogen (secondary N) is 2. The van der Waals surface area contributed by atoms with E-state index in [1.54, 1.807) is 48.8 Å². The van der Waals surface area contributed by atoms with Gasteiger partial charge in [0.2, 0.25) is 0 Å². The molecule has 2 N–H and O–H groups in total. The fourth-order valence-electron chi connectivity index (χ4n) is 2.63. The minimum Gasteiger partial charge on any atom is -0.456 e. The van der Waals surface area contributed by atoms with Gasteiger partial charge in [-0.15, -0.1) is 0 Å². The highest BCUT2D eigenvalue weighted by atomic mass is 19.2. The summed E-state index contributed by atoms with van der Waals surface area (Å²) in [4.78, 5) is 19.2. The Morgan fingerprint density at radius 3 is 2.56 bits per heavy atom. The van der Waals surface area contributed by atoms with Gasteiger partial charge in [-0.1, -0.05) is 0 Å². The van der Waals surface area contributed by atoms with Crippen molar-refractivity contribution < 1.29 is 18.3 Å². The van der Waals surface area contributed by atoms with Gasteiger partial charge in [0.25, 0.3) is 5.91 Å². The maximum absolute atomic E-state index is 13.5. The molecular formula is C20H13F2N3O2. The van der Waals surface area contributed by atoms with E-state index >= 15 is 0 Å². The molecule has 0 saturated heterocycles. The molecule has 0 radical (unpaired) electrons. The summed E-state index contributed by atoms with van der Waals surface area (Å²) in [5.41, 5.74) is 1.15. The van der Waals surface area contributed by atoms with Crippen LogP contribution in [-0.4, -0.2) is 15.9 Å². The van der Waals surface area contributed by atoms with Crippen molar-refractivity contribution in [1.82, 2.24) is 9.97 Å². The highest BCUT2D eigenvalue weighted by molar-refractivity contribution is 6.09. The van der Waals surface area contributed by atoms with Crippen LogP contribution in [0.3, 0.4) is 0 Å². The normalized spacial score (nSPS) is 10.7. The minimum atomic E-state index is -0.977. The number of carbonyl (C=O) groups excluding carboxylic acids is 1. The summed E-state index contributed by atoms with van der Waals surface area (Å²) in [5.74, 6) is -1.17. The lowest BCUT2D eigenvalue weighted by Crippen LogP contribution is -2.11. The number of hydrogen-bond donors (Lipinski definition) is 2. The zero-order chi connectivity index (χ0) is 18.8. The average Bonchev–Trinajstić information content (AvgIpc) is 3.05. The van der Waals surface area contributed by atoms with Gasteiger partial charge in [-0.25, -0.2) is 8.78 Å². The molecular weight excluding hydrogens is 352 g/mol. The van der Waals surface area contributed by atoms with E-state index in [0.29, 0.717) is 33.7 Å². The van der Waals surface area contributed by atoms with Crippen LogP contribution in [-0.2, 0) is 0 Å². The summed E-state index contributed by atoms with van der Waals surface area (Å²) in [6.45, 7) is 0. The van der Waals surface area contributed by atoms with Crippen LogP contribution < -0.4 is 10.1 Å². The second-order valence-electron chi connectivity index (χ2n) is 5.78. The minimum absolute atomic E-state index is 0.365. The molecule has 0 saturated carbocycles. The lowest BCUT2D eigenvalue weighted by molar-refractivity contribution is 0.102. The Labute approximate surface area is 152 Å². The molecule has 134 valence electrons. The summed E-state index contributed by atoms with van der Waals surface area (Å²) in [5, 5.41) is 3.07. The summed E-state index contributed by atoms with van der Waals surface area (Å²) >= 11 is 0. The predicted octanol–water partition coefficient (Wildman–Crippen LogP) is 4.89. The third kappa shape index (κ3) is 3.48. The van der Waals surface area contributed by atoms with Gasteiger partial charge >= 0.3 is 0 Å². The number of amides is 1. The molecule has 4 rings (SSSR count). The Balaban J connectivity index is 1.51. The molecule has 2 aromatic heterocycles. The zero-order valence-electron chi connectivity index (χ0n) is 13.9. The van der Waals surface area contributed by atoms with Crippen molar-refractivity contribution in [3.63, 3.8) is 0 Å². The lowest BCUT2D eigenvalue weighted by atomic mass is 10.2. The topological polar surface area (TPSA) is 67.0 Å². The van der Waals surface area contributed by atoms with Crippen molar-refractivity contribution in [2.24, 2.45) is 0 Å². The van der Waals surface area contributed by atoms with Gasteiger partial charge in [-0.05, 0) is 42.5 Å². The molecule has 5 nitrogen and oxygen atoms in total. The molecule has 0 aliphatic rings. The molecule has 4 aromatic rings. The highest BCUT2D eigenvalue weighted by Crippen LogP contribution is 2.26. The molecule has 0 spiro atoms. The number of hydrogen-bond acceptors (Lipinski definition) is 3. The molecule has 0 atom stereocenters. The van der Waals surface area contributed by atoms with Crippen molar-refractivity contribution in [3.05, 3.63) is 84.3 Å². The van der Waals surface area contributed by atoms with E-state index in [2.05, 4.69) is 15.3 Å². The Morgan fingerprint density at radius 2 is 1.81 bits per heavy atom. The van der Waals surface area contributed by atoms with E-state index in [9.17, 15) is 13.6 Å². The van der Waals surface area contributed by atoms with E-state index in [4.69, 9.17) is 4.74 Å². The number of halogens is 2. The number of aromatic amines is 1. The number of H-pyrrole nitrogens is 1. The van der Waals surface area contributed by atoms with Crippen molar-refractivity contribution in [1.29, 1.82) is 0 Å². The number of benzene rings is 2. The van der Waals surface area contributed by atoms with Gasteiger partial charge in [0.15, 0.2) is 11.6 Å². The number of rotatable bonds is 4. The Bertz CT molecular complexity index is 1110. The fraction of sp³-hybridized carbons (Fsp3) is 0. The number of ether oxygens (including phenoxy) is 1. The molecule has 2 heterocycles. The van der Waals surface area contributed by atoms with Crippen LogP contribution in [0.15, 0.2) is 67.1 Å². The summed E-state index contributed by atoms with van der Waals surface area (Å²) in [6.07, 6.45) is 4.71. The molecule has 0 aliphatic carbocycles. The van der Waals surface area contributed by atoms with Crippen LogP contribution in [0.4, 0.5) is 14.5 Å². The zero-order valence-corrected chi connectivity index (χ0v) is 13.9. The molecule has 27 heavy (non-hydrogen) atoms. The van der Waals surface area contributed by atoms with E-state index in [0.717, 1.165) is 12.1 Å². The van der Waals surface area contributed by atoms with Crippen LogP contribution in [0.25, 0.3) is 10.9 Å². The fourth-order valence-corrected chi connectivity index (χ4v) is 2.63. The quantitative estimate of drug-likeness (QED) is 0.541. The Hall–Kier alpha value is -3.74. The van der Waals surface area contributed by atoms with Crippen LogP contribution in [0.5, 0.6) is 11.5 Å². The summed E-state index contributed by atoms with van der Waals surface area (Å²) in [7, 11) is 0. The van der Waals surface area contributed by atoms with E-state index < -0.39 is 11.6 Å². The molecule has 7 heteroatoms. The van der Waals surface area contributed by atoms with Crippen molar-refractivity contribution >= 4 is 22.5 Å². The Kier molecular flexibility index (Phi) is 4.25. The highest BCUT2D eigenvalue weighted by Gasteiger charge is 2.13. The molecule has 2 aromatic carbocycles. The van der Waals surface area contributed by atoms with E-state index in [-0.39, 0.29) is 5.91 Å². The van der Waals surface area contributed by atoms with Gasteiger partial charge in [0.1, 0.15) is 11.5 Å². The second-order valence-corrected chi connectivity index (χ2v) is 5.78. The van der Waals surface area contributed by atoms with Crippen molar-refractivity contribution in [2.45, 2.75) is 0 Å². The first-order valence-electron chi connectivity index (χ1n) is 8.05. The molecule has 0 fully saturated rings. The smallest absolute Gasteiger partial charge is 0.255 e. The number of pyridine rings is 1. The largest absolute Gasteiger partial charge is 0.456 e. The maximum Gasteiger partial charge on any atom is 0.255 e. The number of carbonyl (C=O) groups is 1. The van der Waals surface area contributed by atoms with Gasteiger partial charge in [-0.3, -0.25) is 9.78 Å². The van der Waals surface area contributed by atoms with Crippen LogP contribution in [0.2, 0.25) is 0 Å². The maximum atomic E-state index is 13.5. The third-order valence-electron chi connectivity index (χ3n) is 3.96. The van der Waals surface area contributed by atoms with E-state index in [1.807, 2.05) is 0 Å². The first-order chi connectivity index (χ1) is 13.1. The van der Waals surface area contributed by atoms with Gasteiger partial charge < -0.3 is 15.0 Å². The first-order valence-corrected chi connectivity index (χ1v) is 8.05. The lowest BCUT2D eigenvalue weighted by Gasteiger charge is -2.07. The molecule has 0 unspecified atom stereocenters. The van der Waals surface area contributed by atoms with Crippen LogP contribution in [0, 0.1) is 11.6 Å². The van der Waals surface area contributed by atoms with Gasteiger partial charge in [0, 0.05) is 29.4 Å². The SMILES string of the molecule is O=C(Nc1c[nH]c2cc(F)c(F)cc12)c1ccc(Oc2cccnc2)cc1. The molecule has 0 bridgehead atoms. The predicted molar refractivity (Wildman–Crippen MR) is 96.9 cm³/mol. The number of nitrogens with zero attached hydrogens (tertiary/aromatic N) is 1. The van der Waals surface area contributed by atoms with E-state index in [1.165, 1.54) is 6.20 Å². The van der Waals surface area contributed by atoms with Crippen LogP contribution in [0.1, 0.15) is 10.4 Å². The average molecular weight is 365 g/mol. The Morgan fingerprint density at radius 1 is 1.04 bits per heavy atom. The van der Waals surface area contributed by atoms with Crippen molar-refractivity contribution in [3.8, 4) is 11.5 Å². The summed E-state index contributed by atoms with van der Waals surface area (Å²) in [6, 6.07) is 12.1. The second kappa shape index (κ2) is 6.87. The van der Waals surface area contributed by atoms with Crippen LogP contribution >= 0.6 is 0 Å². The van der Waals surface area contributed by atoms with Gasteiger partial charge in [0.05, 0.1) is 17.4 Å². The monoisotopic (exact) mass is 365 g/mol. The number of anilines is 1. The molecule has 0 aliphatic heterocycles. The number of aromatic nitrogens is 2. The van der Waals surface area contributed by atoms with Crippen molar-refractivity contribution in [2.75, 3.05) is 5.32 Å². The standard InChI is InChI=1S/C20H13F2N3O2/c21-16-8-15-18(9-17(16)22)24-11-19(15)25-20(26)12-3-5-13(6-4-12)27-14-2-1-7-23-10-14/h1-11,24H,(H,25,26). The summed E-state index contributed by atoms with van der Waals surface area (Å²) < 4.78 is 32.4. The first kappa shape index (κ1) is 16.7. The third-order valence-corrected chi connectivity index (χ3v) is 3.96.